The van der Waals surface area contributed by atoms with Crippen LogP contribution in [0.3, 0.4) is 0 Å². The summed E-state index contributed by atoms with van der Waals surface area (Å²) in [5.41, 5.74) is 6.17. The molecule has 1 aliphatic carbocycles. The minimum Gasteiger partial charge on any atom is -0.399 e. The number of rotatable bonds is 3. The summed E-state index contributed by atoms with van der Waals surface area (Å²) in [6.45, 7) is 2.68. The van der Waals surface area contributed by atoms with Crippen molar-refractivity contribution in [2.24, 2.45) is 5.92 Å². The van der Waals surface area contributed by atoms with Gasteiger partial charge in [-0.2, -0.15) is 0 Å². The lowest BCUT2D eigenvalue weighted by atomic mass is 9.79. The SMILES string of the molecule is CC1CCC(O)(CNc2c(Cl)cc(N)cc2Cl)CC1. The number of hydrogen-bond acceptors (Lipinski definition) is 3. The second kappa shape index (κ2) is 5.78. The Balaban J connectivity index is 2.03. The van der Waals surface area contributed by atoms with Crippen molar-refractivity contribution in [1.82, 2.24) is 0 Å². The third kappa shape index (κ3) is 3.68. The topological polar surface area (TPSA) is 58.3 Å². The van der Waals surface area contributed by atoms with Gasteiger partial charge in [-0.25, -0.2) is 0 Å². The molecule has 0 unspecified atom stereocenters. The van der Waals surface area contributed by atoms with Gasteiger partial charge in [0.15, 0.2) is 0 Å². The summed E-state index contributed by atoms with van der Waals surface area (Å²) in [5, 5.41) is 14.6. The van der Waals surface area contributed by atoms with Crippen LogP contribution >= 0.6 is 23.2 Å². The molecule has 0 atom stereocenters. The Morgan fingerprint density at radius 3 is 2.37 bits per heavy atom. The molecule has 19 heavy (non-hydrogen) atoms. The molecular weight excluding hydrogens is 283 g/mol. The molecule has 4 N–H and O–H groups in total. The molecule has 2 rings (SSSR count). The Kier molecular flexibility index (Phi) is 4.49. The molecule has 0 aromatic heterocycles. The smallest absolute Gasteiger partial charge is 0.0819 e. The van der Waals surface area contributed by atoms with Crippen molar-refractivity contribution >= 4 is 34.6 Å². The summed E-state index contributed by atoms with van der Waals surface area (Å²) in [6.07, 6.45) is 3.74. The molecule has 5 heteroatoms. The van der Waals surface area contributed by atoms with Gasteiger partial charge in [-0.3, -0.25) is 0 Å². The van der Waals surface area contributed by atoms with Crippen LogP contribution in [0.1, 0.15) is 32.6 Å². The summed E-state index contributed by atoms with van der Waals surface area (Å²) < 4.78 is 0. The molecule has 106 valence electrons. The van der Waals surface area contributed by atoms with E-state index < -0.39 is 5.60 Å². The fourth-order valence-electron chi connectivity index (χ4n) is 2.49. The zero-order valence-corrected chi connectivity index (χ0v) is 12.6. The van der Waals surface area contributed by atoms with Crippen LogP contribution in [-0.4, -0.2) is 17.3 Å². The first-order chi connectivity index (χ1) is 8.89. The van der Waals surface area contributed by atoms with Gasteiger partial charge in [0.25, 0.3) is 0 Å². The highest BCUT2D eigenvalue weighted by atomic mass is 35.5. The van der Waals surface area contributed by atoms with E-state index in [1.165, 1.54) is 0 Å². The maximum atomic E-state index is 10.5. The van der Waals surface area contributed by atoms with Crippen molar-refractivity contribution in [3.05, 3.63) is 22.2 Å². The summed E-state index contributed by atoms with van der Waals surface area (Å²) in [6, 6.07) is 3.31. The van der Waals surface area contributed by atoms with Gasteiger partial charge in [0.1, 0.15) is 0 Å². The fourth-order valence-corrected chi connectivity index (χ4v) is 3.13. The summed E-state index contributed by atoms with van der Waals surface area (Å²) in [4.78, 5) is 0. The van der Waals surface area contributed by atoms with Gasteiger partial charge >= 0.3 is 0 Å². The van der Waals surface area contributed by atoms with Gasteiger partial charge < -0.3 is 16.2 Å². The van der Waals surface area contributed by atoms with Gasteiger partial charge in [0, 0.05) is 12.2 Å². The maximum absolute atomic E-state index is 10.5. The molecule has 0 bridgehead atoms. The highest BCUT2D eigenvalue weighted by Gasteiger charge is 2.31. The molecule has 0 saturated heterocycles. The van der Waals surface area contributed by atoms with Crippen LogP contribution in [0.25, 0.3) is 0 Å². The lowest BCUT2D eigenvalue weighted by Crippen LogP contribution is -2.40. The van der Waals surface area contributed by atoms with Crippen molar-refractivity contribution in [1.29, 1.82) is 0 Å². The van der Waals surface area contributed by atoms with Crippen LogP contribution in [-0.2, 0) is 0 Å². The molecule has 0 amide bonds. The highest BCUT2D eigenvalue weighted by molar-refractivity contribution is 6.39. The molecule has 0 spiro atoms. The fraction of sp³-hybridized carbons (Fsp3) is 0.571. The Morgan fingerprint density at radius 2 is 1.84 bits per heavy atom. The summed E-state index contributed by atoms with van der Waals surface area (Å²) >= 11 is 12.2. The predicted octanol–water partition coefficient (Wildman–Crippen LogP) is 3.93. The largest absolute Gasteiger partial charge is 0.399 e. The van der Waals surface area contributed by atoms with Gasteiger partial charge in [0.05, 0.1) is 21.3 Å². The molecule has 0 radical (unpaired) electrons. The first-order valence-corrected chi connectivity index (χ1v) is 7.36. The first-order valence-electron chi connectivity index (χ1n) is 6.60. The van der Waals surface area contributed by atoms with Crippen molar-refractivity contribution in [2.45, 2.75) is 38.2 Å². The summed E-state index contributed by atoms with van der Waals surface area (Å²) in [5.74, 6) is 0.698. The van der Waals surface area contributed by atoms with E-state index in [0.717, 1.165) is 25.7 Å². The zero-order chi connectivity index (χ0) is 14.0. The number of anilines is 2. The highest BCUT2D eigenvalue weighted by Crippen LogP contribution is 2.35. The van der Waals surface area contributed by atoms with E-state index in [9.17, 15) is 5.11 Å². The monoisotopic (exact) mass is 302 g/mol. The van der Waals surface area contributed by atoms with E-state index in [2.05, 4.69) is 12.2 Å². The molecule has 0 aliphatic heterocycles. The van der Waals surface area contributed by atoms with Gasteiger partial charge in [-0.15, -0.1) is 0 Å². The van der Waals surface area contributed by atoms with E-state index in [4.69, 9.17) is 28.9 Å². The van der Waals surface area contributed by atoms with E-state index in [1.807, 2.05) is 0 Å². The Morgan fingerprint density at radius 1 is 1.32 bits per heavy atom. The van der Waals surface area contributed by atoms with Gasteiger partial charge in [-0.1, -0.05) is 30.1 Å². The molecule has 0 heterocycles. The van der Waals surface area contributed by atoms with Crippen molar-refractivity contribution in [2.75, 3.05) is 17.6 Å². The average Bonchev–Trinajstić information content (AvgIpc) is 2.32. The number of halogens is 2. The van der Waals surface area contributed by atoms with Crippen LogP contribution in [0.5, 0.6) is 0 Å². The van der Waals surface area contributed by atoms with E-state index >= 15 is 0 Å². The minimum atomic E-state index is -0.666. The molecule has 1 saturated carbocycles. The average molecular weight is 303 g/mol. The van der Waals surface area contributed by atoms with Crippen LogP contribution in [0.15, 0.2) is 12.1 Å². The summed E-state index contributed by atoms with van der Waals surface area (Å²) in [7, 11) is 0. The molecular formula is C14H20Cl2N2O. The number of aliphatic hydroxyl groups is 1. The number of nitrogens with two attached hydrogens (primary N) is 1. The Labute approximate surface area is 124 Å². The number of nitrogen functional groups attached to an aromatic ring is 1. The molecule has 1 aromatic carbocycles. The third-order valence-corrected chi connectivity index (χ3v) is 4.46. The van der Waals surface area contributed by atoms with Crippen LogP contribution in [0, 0.1) is 5.92 Å². The van der Waals surface area contributed by atoms with Crippen LogP contribution in [0.4, 0.5) is 11.4 Å². The predicted molar refractivity (Wildman–Crippen MR) is 81.9 cm³/mol. The lowest BCUT2D eigenvalue weighted by Gasteiger charge is -2.35. The number of benzene rings is 1. The molecule has 1 fully saturated rings. The normalized spacial score (nSPS) is 27.3. The van der Waals surface area contributed by atoms with Crippen molar-refractivity contribution in [3.8, 4) is 0 Å². The minimum absolute atomic E-state index is 0.461. The van der Waals surface area contributed by atoms with Crippen molar-refractivity contribution in [3.63, 3.8) is 0 Å². The Hall–Kier alpha value is -0.640. The molecule has 1 aromatic rings. The zero-order valence-electron chi connectivity index (χ0n) is 11.0. The second-order valence-corrected chi connectivity index (χ2v) is 6.43. The van der Waals surface area contributed by atoms with Crippen LogP contribution in [0.2, 0.25) is 10.0 Å². The van der Waals surface area contributed by atoms with Crippen molar-refractivity contribution < 1.29 is 5.11 Å². The Bertz CT molecular complexity index is 434. The molecule has 3 nitrogen and oxygen atoms in total. The van der Waals surface area contributed by atoms with Crippen LogP contribution < -0.4 is 11.1 Å². The van der Waals surface area contributed by atoms with E-state index in [-0.39, 0.29) is 0 Å². The number of nitrogens with one attached hydrogen (secondary N) is 1. The quantitative estimate of drug-likeness (QED) is 0.742. The van der Waals surface area contributed by atoms with Gasteiger partial charge in [0.2, 0.25) is 0 Å². The standard InChI is InChI=1S/C14H20Cl2N2O/c1-9-2-4-14(19,5-3-9)8-18-13-11(15)6-10(17)7-12(13)16/h6-7,9,18-19H,2-5,8,17H2,1H3. The number of hydrogen-bond donors (Lipinski definition) is 3. The second-order valence-electron chi connectivity index (χ2n) is 5.62. The molecule has 1 aliphatic rings. The third-order valence-electron chi connectivity index (χ3n) is 3.86. The van der Waals surface area contributed by atoms with Gasteiger partial charge in [-0.05, 0) is 43.7 Å². The maximum Gasteiger partial charge on any atom is 0.0819 e. The van der Waals surface area contributed by atoms with E-state index in [1.54, 1.807) is 12.1 Å². The lowest BCUT2D eigenvalue weighted by molar-refractivity contribution is 0.00502. The van der Waals surface area contributed by atoms with E-state index in [0.29, 0.717) is 33.9 Å². The first kappa shape index (κ1) is 14.8.